The van der Waals surface area contributed by atoms with Gasteiger partial charge in [-0.2, -0.15) is 0 Å². The molecule has 0 radical (unpaired) electrons. The normalized spacial score (nSPS) is 13.0. The molecule has 3 aromatic rings. The smallest absolute Gasteiger partial charge is 0.140 e. The summed E-state index contributed by atoms with van der Waals surface area (Å²) in [6.45, 7) is 4.25. The first-order chi connectivity index (χ1) is 15.3. The molecule has 3 aromatic carbocycles. The zero-order valence-electron chi connectivity index (χ0n) is 18.5. The number of benzene rings is 3. The highest BCUT2D eigenvalue weighted by molar-refractivity contribution is 5.71. The summed E-state index contributed by atoms with van der Waals surface area (Å²) in [5, 5.41) is 37.4. The summed E-state index contributed by atoms with van der Waals surface area (Å²) in [5.74, 6) is -1.04. The number of hydrogen-bond donors (Lipinski definition) is 4. The van der Waals surface area contributed by atoms with Gasteiger partial charge in [0.05, 0.1) is 5.97 Å². The third-order valence-electron chi connectivity index (χ3n) is 4.45. The lowest BCUT2D eigenvalue weighted by Crippen LogP contribution is -2.56. The Kier molecular flexibility index (Phi) is 12.6. The number of carboxylic acids is 1. The van der Waals surface area contributed by atoms with Crippen molar-refractivity contribution in [2.24, 2.45) is 5.92 Å². The number of aliphatic hydroxyl groups excluding tert-OH is 3. The van der Waals surface area contributed by atoms with Crippen LogP contribution in [0.4, 0.5) is 0 Å². The highest BCUT2D eigenvalue weighted by Crippen LogP contribution is 2.24. The van der Waals surface area contributed by atoms with Crippen LogP contribution in [-0.2, 0) is 4.79 Å². The van der Waals surface area contributed by atoms with Gasteiger partial charge < -0.3 is 31.0 Å². The first kappa shape index (κ1) is 27.0. The predicted molar refractivity (Wildman–Crippen MR) is 122 cm³/mol. The minimum atomic E-state index is -1.52. The highest BCUT2D eigenvalue weighted by Gasteiger charge is 2.21. The Morgan fingerprint density at radius 3 is 1.47 bits per heavy atom. The molecule has 3 rings (SSSR count). The van der Waals surface area contributed by atoms with E-state index in [1.165, 1.54) is 12.1 Å². The maximum atomic E-state index is 10.2. The van der Waals surface area contributed by atoms with Gasteiger partial charge in [0.2, 0.25) is 0 Å². The average molecular weight is 440 g/mol. The standard InChI is InChI=1S/C14H15NO.C8H8O3.C4H10O/c15-13(11-7-3-1-4-8-11)14(16)12-9-5-2-6-10-12;9-7(8(10)11)6-4-2-1-3-5-6;1-4(2)3-5/h1-10,13-14,16H,15H2;1-5,7,9H,(H,10,11);4-5H,3H2,1-2H3/t13-,14+;7-;/m00./s1. The fourth-order valence-corrected chi connectivity index (χ4v) is 2.54. The maximum absolute atomic E-state index is 10.2. The molecule has 0 aliphatic rings. The van der Waals surface area contributed by atoms with E-state index >= 15 is 0 Å². The van der Waals surface area contributed by atoms with Crippen LogP contribution >= 0.6 is 0 Å². The van der Waals surface area contributed by atoms with Crippen molar-refractivity contribution < 1.29 is 31.0 Å². The van der Waals surface area contributed by atoms with E-state index < -0.39 is 18.2 Å². The lowest BCUT2D eigenvalue weighted by Gasteiger charge is -2.16. The summed E-state index contributed by atoms with van der Waals surface area (Å²) >= 11 is 0. The lowest BCUT2D eigenvalue weighted by atomic mass is 9.97. The molecule has 0 heterocycles. The summed E-state index contributed by atoms with van der Waals surface area (Å²) in [7, 11) is 0. The van der Waals surface area contributed by atoms with E-state index in [0.29, 0.717) is 18.1 Å². The second kappa shape index (κ2) is 14.9. The molecule has 0 bridgehead atoms. The van der Waals surface area contributed by atoms with Crippen molar-refractivity contribution >= 4 is 5.97 Å². The number of carbonyl (C=O) groups excluding carboxylic acids is 1. The number of rotatable bonds is 6. The molecule has 6 N–H and O–H groups in total. The lowest BCUT2D eigenvalue weighted by molar-refractivity contribution is -0.446. The van der Waals surface area contributed by atoms with Crippen molar-refractivity contribution in [3.63, 3.8) is 0 Å². The van der Waals surface area contributed by atoms with Crippen LogP contribution in [0.1, 0.15) is 48.8 Å². The largest absolute Gasteiger partial charge is 0.547 e. The zero-order chi connectivity index (χ0) is 23.9. The topological polar surface area (TPSA) is 128 Å². The Hall–Kier alpha value is -3.03. The Labute approximate surface area is 189 Å². The zero-order valence-corrected chi connectivity index (χ0v) is 18.5. The molecular formula is C26H33NO5. The molecule has 0 aliphatic heterocycles. The summed E-state index contributed by atoms with van der Waals surface area (Å²) in [5.41, 5.74) is 6.34. The summed E-state index contributed by atoms with van der Waals surface area (Å²) < 4.78 is 0. The van der Waals surface area contributed by atoms with E-state index in [9.17, 15) is 15.0 Å². The van der Waals surface area contributed by atoms with Gasteiger partial charge in [-0.1, -0.05) is 105 Å². The van der Waals surface area contributed by atoms with E-state index in [4.69, 9.17) is 10.2 Å². The molecule has 0 saturated heterocycles. The van der Waals surface area contributed by atoms with Crippen LogP contribution in [0.3, 0.4) is 0 Å². The van der Waals surface area contributed by atoms with E-state index in [0.717, 1.165) is 11.1 Å². The van der Waals surface area contributed by atoms with Gasteiger partial charge in [-0.05, 0) is 17.0 Å². The molecule has 3 atom stereocenters. The van der Waals surface area contributed by atoms with Crippen LogP contribution in [-0.4, -0.2) is 27.9 Å². The number of aliphatic carboxylic acids is 1. The second-order valence-corrected chi connectivity index (χ2v) is 7.58. The Balaban J connectivity index is 0.000000278. The van der Waals surface area contributed by atoms with Gasteiger partial charge in [-0.3, -0.25) is 0 Å². The maximum Gasteiger partial charge on any atom is 0.140 e. The quantitative estimate of drug-likeness (QED) is 0.466. The molecule has 0 saturated carbocycles. The predicted octanol–water partition coefficient (Wildman–Crippen LogP) is 1.81. The van der Waals surface area contributed by atoms with Crippen molar-refractivity contribution in [1.29, 1.82) is 0 Å². The minimum absolute atomic E-state index is 0.136. The fourth-order valence-electron chi connectivity index (χ4n) is 2.54. The van der Waals surface area contributed by atoms with E-state index in [1.54, 1.807) is 18.2 Å². The van der Waals surface area contributed by atoms with Gasteiger partial charge in [-0.25, -0.2) is 0 Å². The SMILES string of the molecule is CC(C)CO.O=C([O-])[C@@H](O)c1ccccc1.[NH3+][C@@H](c1ccccc1)[C@H](O)c1ccccc1. The van der Waals surface area contributed by atoms with Gasteiger partial charge in [-0.15, -0.1) is 0 Å². The van der Waals surface area contributed by atoms with Crippen molar-refractivity contribution in [3.05, 3.63) is 108 Å². The fraction of sp³-hybridized carbons (Fsp3) is 0.269. The summed E-state index contributed by atoms with van der Waals surface area (Å²) in [6.07, 6.45) is -2.07. The van der Waals surface area contributed by atoms with Crippen molar-refractivity contribution in [3.8, 4) is 0 Å². The molecule has 0 unspecified atom stereocenters. The number of carbonyl (C=O) groups is 1. The number of hydrogen-bond acceptors (Lipinski definition) is 5. The van der Waals surface area contributed by atoms with Crippen LogP contribution in [0.15, 0.2) is 91.0 Å². The van der Waals surface area contributed by atoms with Gasteiger partial charge in [0.1, 0.15) is 18.2 Å². The van der Waals surface area contributed by atoms with E-state index in [-0.39, 0.29) is 6.04 Å². The number of aliphatic hydroxyl groups is 3. The third kappa shape index (κ3) is 9.85. The number of quaternary nitrogens is 1. The molecule has 6 heteroatoms. The summed E-state index contributed by atoms with van der Waals surface area (Å²) in [6, 6.07) is 27.5. The molecule has 0 spiro atoms. The van der Waals surface area contributed by atoms with Crippen LogP contribution in [0.2, 0.25) is 0 Å². The van der Waals surface area contributed by atoms with Gasteiger partial charge in [0.25, 0.3) is 0 Å². The van der Waals surface area contributed by atoms with Gasteiger partial charge in [0, 0.05) is 12.2 Å². The highest BCUT2D eigenvalue weighted by atomic mass is 16.4. The first-order valence-electron chi connectivity index (χ1n) is 10.4. The molecular weight excluding hydrogens is 406 g/mol. The molecule has 0 aliphatic carbocycles. The van der Waals surface area contributed by atoms with Crippen LogP contribution in [0, 0.1) is 5.92 Å². The third-order valence-corrected chi connectivity index (χ3v) is 4.45. The van der Waals surface area contributed by atoms with Crippen molar-refractivity contribution in [1.82, 2.24) is 0 Å². The number of carboxylic acid groups (broad SMARTS) is 1. The molecule has 6 nitrogen and oxygen atoms in total. The monoisotopic (exact) mass is 439 g/mol. The summed E-state index contributed by atoms with van der Waals surface area (Å²) in [4.78, 5) is 10.1. The average Bonchev–Trinajstić information content (AvgIpc) is 2.85. The Morgan fingerprint density at radius 1 is 0.781 bits per heavy atom. The molecule has 172 valence electrons. The van der Waals surface area contributed by atoms with Gasteiger partial charge >= 0.3 is 0 Å². The molecule has 0 amide bonds. The van der Waals surface area contributed by atoms with E-state index in [1.807, 2.05) is 74.5 Å². The van der Waals surface area contributed by atoms with Crippen LogP contribution < -0.4 is 10.8 Å². The molecule has 0 fully saturated rings. The molecule has 32 heavy (non-hydrogen) atoms. The molecule has 0 aromatic heterocycles. The van der Waals surface area contributed by atoms with Crippen molar-refractivity contribution in [2.75, 3.05) is 6.61 Å². The van der Waals surface area contributed by atoms with Gasteiger partial charge in [0.15, 0.2) is 0 Å². The Bertz CT molecular complexity index is 829. The Morgan fingerprint density at radius 2 is 1.12 bits per heavy atom. The van der Waals surface area contributed by atoms with Crippen LogP contribution in [0.5, 0.6) is 0 Å². The van der Waals surface area contributed by atoms with E-state index in [2.05, 4.69) is 5.73 Å². The first-order valence-corrected chi connectivity index (χ1v) is 10.4. The second-order valence-electron chi connectivity index (χ2n) is 7.58. The van der Waals surface area contributed by atoms with Crippen LogP contribution in [0.25, 0.3) is 0 Å². The van der Waals surface area contributed by atoms with Crippen molar-refractivity contribution in [2.45, 2.75) is 32.1 Å². The minimum Gasteiger partial charge on any atom is -0.547 e.